The summed E-state index contributed by atoms with van der Waals surface area (Å²) in [5.74, 6) is 1.67. The number of carbonyl (C=O) groups excluding carboxylic acids is 4. The van der Waals surface area contributed by atoms with Gasteiger partial charge in [0.1, 0.15) is 17.8 Å². The molecule has 0 bridgehead atoms. The molecule has 2 aromatic carbocycles. The van der Waals surface area contributed by atoms with Gasteiger partial charge in [0.2, 0.25) is 17.7 Å². The first-order valence-electron chi connectivity index (χ1n) is 13.5. The Labute approximate surface area is 240 Å². The highest BCUT2D eigenvalue weighted by molar-refractivity contribution is 5.92. The SMILES string of the molecule is C#Cc1ccc([C@H](C)NC(=O)[C@@H]2C[C@@H](O)CN2C(=O)[C@@H](NC(=O)Oc2ccccc2)C(C)(C)CCNC(C)=O)cc1. The second-order valence-corrected chi connectivity index (χ2v) is 10.9. The third kappa shape index (κ3) is 8.56. The van der Waals surface area contributed by atoms with Crippen LogP contribution in [0.1, 0.15) is 57.7 Å². The lowest BCUT2D eigenvalue weighted by Gasteiger charge is -2.37. The van der Waals surface area contributed by atoms with Gasteiger partial charge in [0.15, 0.2) is 0 Å². The van der Waals surface area contributed by atoms with Crippen molar-refractivity contribution in [1.29, 1.82) is 0 Å². The first kappa shape index (κ1) is 31.2. The molecule has 1 saturated heterocycles. The fraction of sp³-hybridized carbons (Fsp3) is 0.419. The van der Waals surface area contributed by atoms with Crippen LogP contribution in [0.5, 0.6) is 5.75 Å². The predicted octanol–water partition coefficient (Wildman–Crippen LogP) is 2.52. The van der Waals surface area contributed by atoms with E-state index in [2.05, 4.69) is 21.9 Å². The molecule has 218 valence electrons. The van der Waals surface area contributed by atoms with Crippen LogP contribution in [-0.2, 0) is 14.4 Å². The minimum Gasteiger partial charge on any atom is -0.410 e. The molecule has 10 nitrogen and oxygen atoms in total. The van der Waals surface area contributed by atoms with E-state index in [4.69, 9.17) is 11.2 Å². The number of ether oxygens (including phenoxy) is 1. The summed E-state index contributed by atoms with van der Waals surface area (Å²) in [6.45, 7) is 6.97. The molecule has 0 spiro atoms. The fourth-order valence-corrected chi connectivity index (χ4v) is 4.77. The lowest BCUT2D eigenvalue weighted by Crippen LogP contribution is -2.59. The Hall–Kier alpha value is -4.36. The summed E-state index contributed by atoms with van der Waals surface area (Å²) in [6.07, 6.45) is 4.06. The number of terminal acetylenes is 1. The maximum absolute atomic E-state index is 14.0. The number of hydrogen-bond donors (Lipinski definition) is 4. The van der Waals surface area contributed by atoms with Crippen LogP contribution in [0.4, 0.5) is 4.79 Å². The fourth-order valence-electron chi connectivity index (χ4n) is 4.77. The van der Waals surface area contributed by atoms with Gasteiger partial charge in [-0.25, -0.2) is 4.79 Å². The number of aliphatic hydroxyl groups is 1. The molecule has 4 N–H and O–H groups in total. The van der Waals surface area contributed by atoms with Crippen molar-refractivity contribution in [1.82, 2.24) is 20.9 Å². The maximum atomic E-state index is 14.0. The summed E-state index contributed by atoms with van der Waals surface area (Å²) in [7, 11) is 0. The molecule has 1 heterocycles. The quantitative estimate of drug-likeness (QED) is 0.329. The van der Waals surface area contributed by atoms with Crippen molar-refractivity contribution in [2.24, 2.45) is 5.41 Å². The summed E-state index contributed by atoms with van der Waals surface area (Å²) in [4.78, 5) is 53.0. The highest BCUT2D eigenvalue weighted by atomic mass is 16.6. The van der Waals surface area contributed by atoms with Gasteiger partial charge in [0, 0.05) is 32.0 Å². The van der Waals surface area contributed by atoms with E-state index < -0.39 is 41.5 Å². The van der Waals surface area contributed by atoms with Crippen molar-refractivity contribution < 1.29 is 29.0 Å². The van der Waals surface area contributed by atoms with Gasteiger partial charge in [0.05, 0.1) is 12.1 Å². The number of carbonyl (C=O) groups is 4. The molecule has 4 atom stereocenters. The van der Waals surface area contributed by atoms with E-state index in [0.29, 0.717) is 17.7 Å². The van der Waals surface area contributed by atoms with Gasteiger partial charge in [-0.2, -0.15) is 0 Å². The minimum atomic E-state index is -1.12. The van der Waals surface area contributed by atoms with Gasteiger partial charge in [-0.1, -0.05) is 50.1 Å². The summed E-state index contributed by atoms with van der Waals surface area (Å²) in [6, 6.07) is 13.2. The molecule has 41 heavy (non-hydrogen) atoms. The second kappa shape index (κ2) is 13.8. The molecular weight excluding hydrogens is 524 g/mol. The molecule has 0 saturated carbocycles. The van der Waals surface area contributed by atoms with Crippen LogP contribution >= 0.6 is 0 Å². The van der Waals surface area contributed by atoms with Gasteiger partial charge < -0.3 is 30.7 Å². The van der Waals surface area contributed by atoms with E-state index >= 15 is 0 Å². The van der Waals surface area contributed by atoms with Gasteiger partial charge in [-0.3, -0.25) is 14.4 Å². The summed E-state index contributed by atoms with van der Waals surface area (Å²) in [5.41, 5.74) is 0.681. The molecule has 1 aliphatic heterocycles. The average molecular weight is 563 g/mol. The topological polar surface area (TPSA) is 137 Å². The van der Waals surface area contributed by atoms with Crippen molar-refractivity contribution in [3.8, 4) is 18.1 Å². The molecule has 1 aliphatic rings. The van der Waals surface area contributed by atoms with Gasteiger partial charge in [-0.05, 0) is 48.6 Å². The number of hydrogen-bond acceptors (Lipinski definition) is 6. The first-order valence-corrected chi connectivity index (χ1v) is 13.5. The Kier molecular flexibility index (Phi) is 10.5. The third-order valence-electron chi connectivity index (χ3n) is 7.19. The number of nitrogens with one attached hydrogen (secondary N) is 3. The molecule has 0 unspecified atom stereocenters. The molecule has 10 heteroatoms. The standard InChI is InChI=1S/C31H38N4O6/c1-6-22-12-14-23(15-13-22)20(2)33-28(38)26-18-24(37)19-35(26)29(39)27(31(4,5)16-17-32-21(3)36)34-30(40)41-25-10-8-7-9-11-25/h1,7-15,20,24,26-27,37H,16-19H2,2-5H3,(H,32,36)(H,33,38)(H,34,40)/t20-,24+,26-,27+/m0/s1. The van der Waals surface area contributed by atoms with Crippen molar-refractivity contribution in [2.75, 3.05) is 13.1 Å². The molecule has 3 rings (SSSR count). The summed E-state index contributed by atoms with van der Waals surface area (Å²) >= 11 is 0. The summed E-state index contributed by atoms with van der Waals surface area (Å²) in [5, 5.41) is 18.8. The van der Waals surface area contributed by atoms with Crippen LogP contribution in [0.3, 0.4) is 0 Å². The van der Waals surface area contributed by atoms with Crippen LogP contribution in [-0.4, -0.2) is 65.1 Å². The Morgan fingerprint density at radius 2 is 1.76 bits per heavy atom. The summed E-state index contributed by atoms with van der Waals surface area (Å²) < 4.78 is 5.38. The highest BCUT2D eigenvalue weighted by Crippen LogP contribution is 2.30. The Morgan fingerprint density at radius 1 is 1.10 bits per heavy atom. The van der Waals surface area contributed by atoms with Crippen LogP contribution in [0, 0.1) is 17.8 Å². The zero-order valence-corrected chi connectivity index (χ0v) is 23.8. The zero-order chi connectivity index (χ0) is 30.2. The Balaban J connectivity index is 1.80. The van der Waals surface area contributed by atoms with Gasteiger partial charge >= 0.3 is 6.09 Å². The smallest absolute Gasteiger partial charge is 0.410 e. The normalized spacial score (nSPS) is 18.0. The predicted molar refractivity (Wildman–Crippen MR) is 154 cm³/mol. The lowest BCUT2D eigenvalue weighted by atomic mass is 9.80. The van der Waals surface area contributed by atoms with Gasteiger partial charge in [0.25, 0.3) is 0 Å². The van der Waals surface area contributed by atoms with Crippen molar-refractivity contribution >= 4 is 23.8 Å². The van der Waals surface area contributed by atoms with E-state index in [0.717, 1.165) is 5.56 Å². The van der Waals surface area contributed by atoms with Crippen LogP contribution < -0.4 is 20.7 Å². The van der Waals surface area contributed by atoms with Crippen LogP contribution in [0.15, 0.2) is 54.6 Å². The number of β-amino-alcohol motifs (C(OH)–C–C–N with tert-alkyl or cyclic N) is 1. The number of nitrogens with zero attached hydrogens (tertiary/aromatic N) is 1. The molecule has 0 aliphatic carbocycles. The molecule has 1 fully saturated rings. The average Bonchev–Trinajstić information content (AvgIpc) is 3.33. The van der Waals surface area contributed by atoms with E-state index in [1.165, 1.54) is 11.8 Å². The number of likely N-dealkylation sites (tertiary alicyclic amines) is 1. The van der Waals surface area contributed by atoms with Gasteiger partial charge in [-0.15, -0.1) is 6.42 Å². The second-order valence-electron chi connectivity index (χ2n) is 10.9. The number of para-hydroxylation sites is 1. The van der Waals surface area contributed by atoms with E-state index in [-0.39, 0.29) is 31.5 Å². The zero-order valence-electron chi connectivity index (χ0n) is 23.8. The Morgan fingerprint density at radius 3 is 2.37 bits per heavy atom. The van der Waals surface area contributed by atoms with Crippen molar-refractivity contribution in [2.45, 2.75) is 64.8 Å². The van der Waals surface area contributed by atoms with Crippen LogP contribution in [0.25, 0.3) is 0 Å². The van der Waals surface area contributed by atoms with Crippen molar-refractivity contribution in [3.63, 3.8) is 0 Å². The van der Waals surface area contributed by atoms with Crippen LogP contribution in [0.2, 0.25) is 0 Å². The molecule has 4 amide bonds. The van der Waals surface area contributed by atoms with E-state index in [1.807, 2.05) is 19.1 Å². The number of aliphatic hydroxyl groups excluding tert-OH is 1. The monoisotopic (exact) mass is 562 g/mol. The maximum Gasteiger partial charge on any atom is 0.413 e. The number of amides is 4. The van der Waals surface area contributed by atoms with E-state index in [1.54, 1.807) is 56.3 Å². The molecule has 0 radical (unpaired) electrons. The largest absolute Gasteiger partial charge is 0.413 e. The minimum absolute atomic E-state index is 0.0494. The molecular formula is C31H38N4O6. The number of benzene rings is 2. The first-order chi connectivity index (χ1) is 19.4. The number of rotatable bonds is 10. The highest BCUT2D eigenvalue weighted by Gasteiger charge is 2.46. The lowest BCUT2D eigenvalue weighted by molar-refractivity contribution is -0.142. The van der Waals surface area contributed by atoms with Crippen molar-refractivity contribution in [3.05, 3.63) is 65.7 Å². The third-order valence-corrected chi connectivity index (χ3v) is 7.19. The Bertz CT molecular complexity index is 1270. The van der Waals surface area contributed by atoms with E-state index in [9.17, 15) is 24.3 Å². The molecule has 2 aromatic rings. The molecule has 0 aromatic heterocycles.